The van der Waals surface area contributed by atoms with Gasteiger partial charge in [0.15, 0.2) is 0 Å². The number of nitrogens with one attached hydrogen (secondary N) is 2. The lowest BCUT2D eigenvalue weighted by atomic mass is 10.1. The molecule has 2 aromatic carbocycles. The standard InChI is InChI=1S/C20H24BrN3O2/c1-15(17-10-6-7-11-18(17)21)23-19(25)12-13-22-20(26)24(2)14-16-8-4-3-5-9-16/h3-11,15H,12-14H2,1-2H3,(H,22,26)(H,23,25). The first kappa shape index (κ1) is 20.0. The second-order valence-electron chi connectivity index (χ2n) is 6.13. The summed E-state index contributed by atoms with van der Waals surface area (Å²) in [6, 6.07) is 17.3. The van der Waals surface area contributed by atoms with Crippen molar-refractivity contribution in [3.8, 4) is 0 Å². The van der Waals surface area contributed by atoms with Gasteiger partial charge < -0.3 is 15.5 Å². The molecule has 0 aliphatic rings. The van der Waals surface area contributed by atoms with Gasteiger partial charge in [0.2, 0.25) is 5.91 Å². The van der Waals surface area contributed by atoms with Crippen molar-refractivity contribution in [1.29, 1.82) is 0 Å². The van der Waals surface area contributed by atoms with E-state index in [1.54, 1.807) is 11.9 Å². The van der Waals surface area contributed by atoms with Crippen LogP contribution in [0.4, 0.5) is 4.79 Å². The van der Waals surface area contributed by atoms with E-state index in [0.29, 0.717) is 13.1 Å². The first-order valence-electron chi connectivity index (χ1n) is 8.54. The summed E-state index contributed by atoms with van der Waals surface area (Å²) < 4.78 is 0.962. The van der Waals surface area contributed by atoms with Crippen molar-refractivity contribution < 1.29 is 9.59 Å². The molecule has 0 aromatic heterocycles. The number of hydrogen-bond acceptors (Lipinski definition) is 2. The van der Waals surface area contributed by atoms with Crippen LogP contribution in [0, 0.1) is 0 Å². The van der Waals surface area contributed by atoms with Crippen LogP contribution in [0.25, 0.3) is 0 Å². The number of benzene rings is 2. The predicted octanol–water partition coefficient (Wildman–Crippen LogP) is 3.86. The monoisotopic (exact) mass is 417 g/mol. The van der Waals surface area contributed by atoms with Gasteiger partial charge >= 0.3 is 6.03 Å². The molecule has 0 aliphatic carbocycles. The third kappa shape index (κ3) is 6.19. The molecule has 0 spiro atoms. The second kappa shape index (κ2) is 9.97. The molecule has 0 heterocycles. The Morgan fingerprint density at radius 1 is 1.08 bits per heavy atom. The topological polar surface area (TPSA) is 61.4 Å². The SMILES string of the molecule is CC(NC(=O)CCNC(=O)N(C)Cc1ccccc1)c1ccccc1Br. The van der Waals surface area contributed by atoms with Crippen LogP contribution < -0.4 is 10.6 Å². The van der Waals surface area contributed by atoms with E-state index >= 15 is 0 Å². The van der Waals surface area contributed by atoms with Crippen molar-refractivity contribution in [3.63, 3.8) is 0 Å². The van der Waals surface area contributed by atoms with Crippen molar-refractivity contribution in [2.45, 2.75) is 25.9 Å². The summed E-state index contributed by atoms with van der Waals surface area (Å²) in [4.78, 5) is 25.8. The molecule has 0 saturated carbocycles. The van der Waals surface area contributed by atoms with Crippen molar-refractivity contribution in [2.75, 3.05) is 13.6 Å². The van der Waals surface area contributed by atoms with E-state index in [1.165, 1.54) is 0 Å². The molecule has 3 amide bonds. The Morgan fingerprint density at radius 3 is 2.42 bits per heavy atom. The zero-order valence-electron chi connectivity index (χ0n) is 15.0. The lowest BCUT2D eigenvalue weighted by molar-refractivity contribution is -0.121. The van der Waals surface area contributed by atoms with Crippen LogP contribution in [0.1, 0.15) is 30.5 Å². The van der Waals surface area contributed by atoms with Crippen LogP contribution in [0.3, 0.4) is 0 Å². The van der Waals surface area contributed by atoms with Crippen LogP contribution in [0.5, 0.6) is 0 Å². The Balaban J connectivity index is 1.72. The number of hydrogen-bond donors (Lipinski definition) is 2. The summed E-state index contributed by atoms with van der Waals surface area (Å²) in [7, 11) is 1.73. The van der Waals surface area contributed by atoms with Gasteiger partial charge in [0.1, 0.15) is 0 Å². The molecule has 2 rings (SSSR count). The first-order chi connectivity index (χ1) is 12.5. The van der Waals surface area contributed by atoms with Crippen LogP contribution in [0.2, 0.25) is 0 Å². The van der Waals surface area contributed by atoms with Gasteiger partial charge in [-0.15, -0.1) is 0 Å². The molecule has 2 aromatic rings. The highest BCUT2D eigenvalue weighted by Crippen LogP contribution is 2.22. The van der Waals surface area contributed by atoms with Crippen molar-refractivity contribution in [1.82, 2.24) is 15.5 Å². The molecule has 0 fully saturated rings. The van der Waals surface area contributed by atoms with E-state index in [9.17, 15) is 9.59 Å². The lowest BCUT2D eigenvalue weighted by Gasteiger charge is -2.19. The maximum absolute atomic E-state index is 12.1. The van der Waals surface area contributed by atoms with Crippen LogP contribution in [0.15, 0.2) is 59.1 Å². The fourth-order valence-electron chi connectivity index (χ4n) is 2.56. The molecule has 6 heteroatoms. The van der Waals surface area contributed by atoms with Crippen molar-refractivity contribution in [3.05, 3.63) is 70.2 Å². The highest BCUT2D eigenvalue weighted by molar-refractivity contribution is 9.10. The van der Waals surface area contributed by atoms with Gasteiger partial charge in [0.05, 0.1) is 6.04 Å². The summed E-state index contributed by atoms with van der Waals surface area (Å²) in [5.41, 5.74) is 2.08. The van der Waals surface area contributed by atoms with E-state index in [0.717, 1.165) is 15.6 Å². The Kier molecular flexibility index (Phi) is 7.66. The van der Waals surface area contributed by atoms with Crippen molar-refractivity contribution in [2.24, 2.45) is 0 Å². The molecule has 5 nitrogen and oxygen atoms in total. The molecule has 0 aliphatic heterocycles. The van der Waals surface area contributed by atoms with Gasteiger partial charge in [-0.2, -0.15) is 0 Å². The summed E-state index contributed by atoms with van der Waals surface area (Å²) >= 11 is 3.49. The summed E-state index contributed by atoms with van der Waals surface area (Å²) in [5.74, 6) is -0.0979. The fraction of sp³-hybridized carbons (Fsp3) is 0.300. The molecule has 2 N–H and O–H groups in total. The van der Waals surface area contributed by atoms with Gasteiger partial charge in [-0.25, -0.2) is 4.79 Å². The minimum atomic E-state index is -0.194. The summed E-state index contributed by atoms with van der Waals surface area (Å²) in [5, 5.41) is 5.72. The minimum Gasteiger partial charge on any atom is -0.349 e. The van der Waals surface area contributed by atoms with Gasteiger partial charge in [0, 0.05) is 31.0 Å². The molecular weight excluding hydrogens is 394 g/mol. The number of urea groups is 1. The third-order valence-corrected chi connectivity index (χ3v) is 4.71. The largest absolute Gasteiger partial charge is 0.349 e. The molecular formula is C20H24BrN3O2. The van der Waals surface area contributed by atoms with E-state index in [4.69, 9.17) is 0 Å². The average molecular weight is 418 g/mol. The Morgan fingerprint density at radius 2 is 1.73 bits per heavy atom. The Labute approximate surface area is 162 Å². The van der Waals surface area contributed by atoms with Gasteiger partial charge in [-0.1, -0.05) is 64.5 Å². The van der Waals surface area contributed by atoms with E-state index in [-0.39, 0.29) is 24.4 Å². The fourth-order valence-corrected chi connectivity index (χ4v) is 3.19. The molecule has 1 unspecified atom stereocenters. The van der Waals surface area contributed by atoms with Gasteiger partial charge in [0.25, 0.3) is 0 Å². The quantitative estimate of drug-likeness (QED) is 0.718. The van der Waals surface area contributed by atoms with Crippen LogP contribution in [-0.2, 0) is 11.3 Å². The van der Waals surface area contributed by atoms with Gasteiger partial charge in [-0.3, -0.25) is 4.79 Å². The molecule has 1 atom stereocenters. The maximum atomic E-state index is 12.1. The number of halogens is 1. The number of amides is 3. The molecule has 138 valence electrons. The van der Waals surface area contributed by atoms with E-state index in [2.05, 4.69) is 26.6 Å². The zero-order chi connectivity index (χ0) is 18.9. The normalized spacial score (nSPS) is 11.5. The van der Waals surface area contributed by atoms with E-state index in [1.807, 2.05) is 61.5 Å². The number of rotatable bonds is 7. The first-order valence-corrected chi connectivity index (χ1v) is 9.33. The lowest BCUT2D eigenvalue weighted by Crippen LogP contribution is -2.39. The van der Waals surface area contributed by atoms with Crippen LogP contribution >= 0.6 is 15.9 Å². The second-order valence-corrected chi connectivity index (χ2v) is 6.99. The summed E-state index contributed by atoms with van der Waals surface area (Å²) in [6.07, 6.45) is 0.236. The molecule has 26 heavy (non-hydrogen) atoms. The number of carbonyl (C=O) groups excluding carboxylic acids is 2. The Hall–Kier alpha value is -2.34. The molecule has 0 saturated heterocycles. The average Bonchev–Trinajstić information content (AvgIpc) is 2.62. The van der Waals surface area contributed by atoms with Crippen LogP contribution in [-0.4, -0.2) is 30.4 Å². The summed E-state index contributed by atoms with van der Waals surface area (Å²) in [6.45, 7) is 2.76. The predicted molar refractivity (Wildman–Crippen MR) is 107 cm³/mol. The Bertz CT molecular complexity index is 737. The highest BCUT2D eigenvalue weighted by Gasteiger charge is 2.13. The van der Waals surface area contributed by atoms with Crippen molar-refractivity contribution >= 4 is 27.9 Å². The molecule has 0 radical (unpaired) electrons. The number of carbonyl (C=O) groups is 2. The smallest absolute Gasteiger partial charge is 0.317 e. The third-order valence-electron chi connectivity index (χ3n) is 3.99. The zero-order valence-corrected chi connectivity index (χ0v) is 16.6. The van der Waals surface area contributed by atoms with Gasteiger partial charge in [-0.05, 0) is 24.1 Å². The highest BCUT2D eigenvalue weighted by atomic mass is 79.9. The molecule has 0 bridgehead atoms. The minimum absolute atomic E-state index is 0.0979. The number of nitrogens with zero attached hydrogens (tertiary/aromatic N) is 1. The maximum Gasteiger partial charge on any atom is 0.317 e. The van der Waals surface area contributed by atoms with E-state index < -0.39 is 0 Å².